The fraction of sp³-hybridized carbons (Fsp3) is 0.467. The summed E-state index contributed by atoms with van der Waals surface area (Å²) < 4.78 is 0. The molecule has 2 rings (SSSR count). The van der Waals surface area contributed by atoms with E-state index in [0.29, 0.717) is 31.7 Å². The lowest BCUT2D eigenvalue weighted by atomic mass is 10.1. The first-order chi connectivity index (χ1) is 9.06. The van der Waals surface area contributed by atoms with Gasteiger partial charge >= 0.3 is 0 Å². The Morgan fingerprint density at radius 3 is 2.63 bits per heavy atom. The number of benzene rings is 1. The van der Waals surface area contributed by atoms with E-state index in [4.69, 9.17) is 0 Å². The maximum atomic E-state index is 12.1. The third-order valence-corrected chi connectivity index (χ3v) is 4.51. The molecule has 1 aromatic carbocycles. The zero-order chi connectivity index (χ0) is 13.8. The van der Waals surface area contributed by atoms with Gasteiger partial charge in [-0.2, -0.15) is 0 Å². The largest absolute Gasteiger partial charge is 0.341 e. The Kier molecular flexibility index (Phi) is 4.64. The van der Waals surface area contributed by atoms with E-state index < -0.39 is 0 Å². The second kappa shape index (κ2) is 6.24. The summed E-state index contributed by atoms with van der Waals surface area (Å²) in [6, 6.07) is 6.28. The van der Waals surface area contributed by atoms with Crippen molar-refractivity contribution in [3.8, 4) is 0 Å². The summed E-state index contributed by atoms with van der Waals surface area (Å²) >= 11 is 1.59. The van der Waals surface area contributed by atoms with Gasteiger partial charge in [-0.15, -0.1) is 11.8 Å². The van der Waals surface area contributed by atoms with Gasteiger partial charge < -0.3 is 4.90 Å². The number of aryl methyl sites for hydroxylation is 2. The first kappa shape index (κ1) is 14.1. The lowest BCUT2D eigenvalue weighted by Crippen LogP contribution is -2.39. The number of carbonyl (C=O) groups is 2. The van der Waals surface area contributed by atoms with Gasteiger partial charge in [0.2, 0.25) is 5.91 Å². The lowest BCUT2D eigenvalue weighted by Gasteiger charge is -2.26. The number of piperidine rings is 1. The van der Waals surface area contributed by atoms with Crippen LogP contribution in [-0.4, -0.2) is 35.4 Å². The van der Waals surface area contributed by atoms with E-state index in [-0.39, 0.29) is 11.7 Å². The van der Waals surface area contributed by atoms with Crippen molar-refractivity contribution in [1.29, 1.82) is 0 Å². The molecule has 1 heterocycles. The Balaban J connectivity index is 1.89. The summed E-state index contributed by atoms with van der Waals surface area (Å²) in [5.74, 6) is 0.864. The standard InChI is InChI=1S/C15H19NO2S/c1-11-3-4-12(2)14(9-11)19-10-15(18)16-7-5-13(17)6-8-16/h3-4,9H,5-8,10H2,1-2H3. The highest BCUT2D eigenvalue weighted by atomic mass is 32.2. The van der Waals surface area contributed by atoms with Crippen molar-refractivity contribution in [1.82, 2.24) is 4.90 Å². The van der Waals surface area contributed by atoms with Crippen LogP contribution in [0.25, 0.3) is 0 Å². The van der Waals surface area contributed by atoms with Crippen molar-refractivity contribution in [3.05, 3.63) is 29.3 Å². The summed E-state index contributed by atoms with van der Waals surface area (Å²) in [4.78, 5) is 26.2. The number of hydrogen-bond donors (Lipinski definition) is 0. The van der Waals surface area contributed by atoms with E-state index in [1.807, 2.05) is 0 Å². The Hall–Kier alpha value is -1.29. The molecule has 102 valence electrons. The number of thioether (sulfide) groups is 1. The molecule has 1 aromatic rings. The zero-order valence-corrected chi connectivity index (χ0v) is 12.3. The van der Waals surface area contributed by atoms with Gasteiger partial charge in [0.15, 0.2) is 0 Å². The quantitative estimate of drug-likeness (QED) is 0.797. The topological polar surface area (TPSA) is 37.4 Å². The Labute approximate surface area is 118 Å². The maximum Gasteiger partial charge on any atom is 0.232 e. The molecule has 0 unspecified atom stereocenters. The molecule has 0 radical (unpaired) electrons. The highest BCUT2D eigenvalue weighted by molar-refractivity contribution is 8.00. The number of rotatable bonds is 3. The minimum absolute atomic E-state index is 0.137. The molecule has 1 amide bonds. The van der Waals surface area contributed by atoms with Crippen molar-refractivity contribution in [2.75, 3.05) is 18.8 Å². The molecule has 0 atom stereocenters. The molecular formula is C15H19NO2S. The maximum absolute atomic E-state index is 12.1. The monoisotopic (exact) mass is 277 g/mol. The van der Waals surface area contributed by atoms with Crippen molar-refractivity contribution in [2.24, 2.45) is 0 Å². The predicted octanol–water partition coefficient (Wildman–Crippen LogP) is 2.59. The number of Topliss-reactive ketones (excluding diaryl/α,β-unsaturated/α-hetero) is 1. The smallest absolute Gasteiger partial charge is 0.232 e. The summed E-state index contributed by atoms with van der Waals surface area (Å²) in [6.45, 7) is 5.30. The molecule has 1 aliphatic heterocycles. The van der Waals surface area contributed by atoms with E-state index in [2.05, 4.69) is 32.0 Å². The van der Waals surface area contributed by atoms with Crippen molar-refractivity contribution in [3.63, 3.8) is 0 Å². The third kappa shape index (κ3) is 3.83. The minimum Gasteiger partial charge on any atom is -0.341 e. The number of nitrogens with zero attached hydrogens (tertiary/aromatic N) is 1. The fourth-order valence-corrected chi connectivity index (χ4v) is 3.13. The molecule has 4 heteroatoms. The predicted molar refractivity (Wildman–Crippen MR) is 77.5 cm³/mol. The number of likely N-dealkylation sites (tertiary alicyclic amines) is 1. The van der Waals surface area contributed by atoms with Crippen LogP contribution in [0, 0.1) is 13.8 Å². The number of carbonyl (C=O) groups excluding carboxylic acids is 2. The molecule has 0 saturated carbocycles. The van der Waals surface area contributed by atoms with Crippen molar-refractivity contribution < 1.29 is 9.59 Å². The van der Waals surface area contributed by atoms with Crippen LogP contribution >= 0.6 is 11.8 Å². The van der Waals surface area contributed by atoms with Crippen LogP contribution < -0.4 is 0 Å². The molecule has 1 saturated heterocycles. The molecule has 0 N–H and O–H groups in total. The number of hydrogen-bond acceptors (Lipinski definition) is 3. The van der Waals surface area contributed by atoms with Gasteiger partial charge in [0, 0.05) is 30.8 Å². The van der Waals surface area contributed by atoms with Gasteiger partial charge in [-0.25, -0.2) is 0 Å². The molecular weight excluding hydrogens is 258 g/mol. The normalized spacial score (nSPS) is 15.7. The Morgan fingerprint density at radius 1 is 1.26 bits per heavy atom. The van der Waals surface area contributed by atoms with Crippen LogP contribution in [0.1, 0.15) is 24.0 Å². The Morgan fingerprint density at radius 2 is 1.95 bits per heavy atom. The number of amides is 1. The van der Waals surface area contributed by atoms with Crippen LogP contribution in [0.15, 0.2) is 23.1 Å². The average Bonchev–Trinajstić information content (AvgIpc) is 2.40. The highest BCUT2D eigenvalue weighted by Crippen LogP contribution is 2.24. The highest BCUT2D eigenvalue weighted by Gasteiger charge is 2.20. The van der Waals surface area contributed by atoms with Crippen molar-refractivity contribution >= 4 is 23.5 Å². The van der Waals surface area contributed by atoms with E-state index in [1.165, 1.54) is 16.0 Å². The fourth-order valence-electron chi connectivity index (χ4n) is 2.10. The Bertz CT molecular complexity index is 489. The van der Waals surface area contributed by atoms with E-state index in [1.54, 1.807) is 16.7 Å². The second-order valence-corrected chi connectivity index (χ2v) is 5.99. The molecule has 0 spiro atoms. The van der Waals surface area contributed by atoms with Crippen LogP contribution in [0.4, 0.5) is 0 Å². The molecule has 19 heavy (non-hydrogen) atoms. The zero-order valence-electron chi connectivity index (χ0n) is 11.4. The first-order valence-corrected chi connectivity index (χ1v) is 7.54. The summed E-state index contributed by atoms with van der Waals surface area (Å²) in [6.07, 6.45) is 1.03. The van der Waals surface area contributed by atoms with Gasteiger partial charge in [-0.3, -0.25) is 9.59 Å². The summed E-state index contributed by atoms with van der Waals surface area (Å²) in [7, 11) is 0. The van der Waals surface area contributed by atoms with Crippen LogP contribution in [0.5, 0.6) is 0 Å². The lowest BCUT2D eigenvalue weighted by molar-refractivity contribution is -0.132. The van der Waals surface area contributed by atoms with Gasteiger partial charge in [0.1, 0.15) is 5.78 Å². The summed E-state index contributed by atoms with van der Waals surface area (Å²) in [5.41, 5.74) is 2.42. The van der Waals surface area contributed by atoms with E-state index in [0.717, 1.165) is 0 Å². The molecule has 0 aromatic heterocycles. The van der Waals surface area contributed by atoms with Gasteiger partial charge in [-0.1, -0.05) is 17.7 Å². The summed E-state index contributed by atoms with van der Waals surface area (Å²) in [5, 5.41) is 0. The van der Waals surface area contributed by atoms with Crippen LogP contribution in [-0.2, 0) is 9.59 Å². The molecule has 1 fully saturated rings. The average molecular weight is 277 g/mol. The van der Waals surface area contributed by atoms with E-state index >= 15 is 0 Å². The van der Waals surface area contributed by atoms with Crippen LogP contribution in [0.2, 0.25) is 0 Å². The van der Waals surface area contributed by atoms with Crippen LogP contribution in [0.3, 0.4) is 0 Å². The van der Waals surface area contributed by atoms with Gasteiger partial charge in [-0.05, 0) is 25.5 Å². The second-order valence-electron chi connectivity index (χ2n) is 4.98. The number of ketones is 1. The van der Waals surface area contributed by atoms with Gasteiger partial charge in [0.05, 0.1) is 5.75 Å². The molecule has 3 nitrogen and oxygen atoms in total. The van der Waals surface area contributed by atoms with Gasteiger partial charge in [0.25, 0.3) is 0 Å². The molecule has 0 bridgehead atoms. The van der Waals surface area contributed by atoms with E-state index in [9.17, 15) is 9.59 Å². The first-order valence-electron chi connectivity index (χ1n) is 6.56. The molecule has 1 aliphatic rings. The minimum atomic E-state index is 0.137. The SMILES string of the molecule is Cc1ccc(C)c(SCC(=O)N2CCC(=O)CC2)c1. The van der Waals surface area contributed by atoms with Crippen molar-refractivity contribution in [2.45, 2.75) is 31.6 Å². The molecule has 0 aliphatic carbocycles. The third-order valence-electron chi connectivity index (χ3n) is 3.37.